The smallest absolute Gasteiger partial charge is 0.101 e. The maximum Gasteiger partial charge on any atom is 0.101 e. The monoisotopic (exact) mass is 303 g/mol. The molecule has 5 nitrogen and oxygen atoms in total. The summed E-state index contributed by atoms with van der Waals surface area (Å²) in [5.41, 5.74) is 6.23. The van der Waals surface area contributed by atoms with Crippen LogP contribution in [0.1, 0.15) is 28.1 Å². The number of aryl methyl sites for hydroxylation is 1. The zero-order valence-corrected chi connectivity index (χ0v) is 13.0. The van der Waals surface area contributed by atoms with E-state index in [0.717, 1.165) is 42.8 Å². The molecule has 114 valence electrons. The Kier molecular flexibility index (Phi) is 3.32. The Morgan fingerprint density at radius 3 is 3.09 bits per heavy atom. The molecule has 0 N–H and O–H groups in total. The van der Waals surface area contributed by atoms with Crippen molar-refractivity contribution in [3.05, 3.63) is 64.7 Å². The van der Waals surface area contributed by atoms with Gasteiger partial charge < -0.3 is 0 Å². The number of nitrogens with zero attached hydrogens (tertiary/aromatic N) is 5. The molecule has 4 heterocycles. The van der Waals surface area contributed by atoms with Gasteiger partial charge in [-0.2, -0.15) is 10.4 Å². The Morgan fingerprint density at radius 2 is 2.22 bits per heavy atom. The topological polar surface area (TPSA) is 57.2 Å². The lowest BCUT2D eigenvalue weighted by Crippen LogP contribution is -2.31. The summed E-state index contributed by atoms with van der Waals surface area (Å²) in [6.07, 6.45) is 4.65. The molecule has 0 saturated heterocycles. The summed E-state index contributed by atoms with van der Waals surface area (Å²) in [6, 6.07) is 10.6. The molecule has 0 fully saturated rings. The Bertz CT molecular complexity index is 919. The van der Waals surface area contributed by atoms with Crippen LogP contribution in [-0.4, -0.2) is 26.0 Å². The van der Waals surface area contributed by atoms with Crippen LogP contribution in [0.2, 0.25) is 0 Å². The number of hydrogen-bond acceptors (Lipinski definition) is 4. The minimum Gasteiger partial charge on any atom is -0.293 e. The summed E-state index contributed by atoms with van der Waals surface area (Å²) < 4.78 is 1.99. The molecular formula is C18H17N5. The third-order valence-electron chi connectivity index (χ3n) is 4.53. The van der Waals surface area contributed by atoms with Crippen molar-refractivity contribution in [3.8, 4) is 6.07 Å². The Hall–Kier alpha value is -2.71. The van der Waals surface area contributed by atoms with Crippen molar-refractivity contribution in [1.29, 1.82) is 5.26 Å². The van der Waals surface area contributed by atoms with E-state index in [0.29, 0.717) is 0 Å². The highest BCUT2D eigenvalue weighted by atomic mass is 15.2. The first-order valence-corrected chi connectivity index (χ1v) is 7.77. The van der Waals surface area contributed by atoms with Crippen molar-refractivity contribution in [2.45, 2.75) is 26.4 Å². The van der Waals surface area contributed by atoms with Crippen LogP contribution >= 0.6 is 0 Å². The molecule has 3 aromatic heterocycles. The lowest BCUT2D eigenvalue weighted by molar-refractivity contribution is 0.240. The van der Waals surface area contributed by atoms with Gasteiger partial charge in [-0.15, -0.1) is 0 Å². The van der Waals surface area contributed by atoms with Crippen molar-refractivity contribution in [3.63, 3.8) is 0 Å². The molecule has 3 aromatic rings. The van der Waals surface area contributed by atoms with Gasteiger partial charge in [-0.25, -0.2) is 4.52 Å². The number of hydrogen-bond donors (Lipinski definition) is 0. The molecule has 0 bridgehead atoms. The summed E-state index contributed by atoms with van der Waals surface area (Å²) in [6.45, 7) is 4.52. The molecule has 0 aromatic carbocycles. The quantitative estimate of drug-likeness (QED) is 0.730. The maximum absolute atomic E-state index is 9.36. The Balaban J connectivity index is 1.62. The molecule has 5 heteroatoms. The molecule has 1 aliphatic rings. The summed E-state index contributed by atoms with van der Waals surface area (Å²) in [7, 11) is 0. The fraction of sp³-hybridized carbons (Fsp3) is 0.278. The Labute approximate surface area is 134 Å². The highest BCUT2D eigenvalue weighted by Gasteiger charge is 2.21. The van der Waals surface area contributed by atoms with Gasteiger partial charge in [-0.05, 0) is 42.7 Å². The largest absolute Gasteiger partial charge is 0.293 e. The van der Waals surface area contributed by atoms with Gasteiger partial charge in [0.05, 0.1) is 22.5 Å². The lowest BCUT2D eigenvalue weighted by Gasteiger charge is -2.29. The third kappa shape index (κ3) is 2.37. The minimum atomic E-state index is 0.760. The lowest BCUT2D eigenvalue weighted by atomic mass is 9.95. The van der Waals surface area contributed by atoms with Crippen LogP contribution in [0, 0.1) is 18.3 Å². The molecule has 0 saturated carbocycles. The van der Waals surface area contributed by atoms with E-state index in [1.807, 2.05) is 29.9 Å². The van der Waals surface area contributed by atoms with E-state index < -0.39 is 0 Å². The van der Waals surface area contributed by atoms with Crippen molar-refractivity contribution in [2.75, 3.05) is 6.54 Å². The standard InChI is InChI=1S/C18H17N5/c1-13-18(9-19)17-6-8-22(11-14(17)10-20-13)12-16-4-2-3-15-5-7-21-23(15)16/h2-5,7,10H,6,8,11-12H2,1H3. The van der Waals surface area contributed by atoms with Gasteiger partial charge in [0.2, 0.25) is 0 Å². The van der Waals surface area contributed by atoms with Crippen LogP contribution in [0.3, 0.4) is 0 Å². The van der Waals surface area contributed by atoms with Crippen LogP contribution in [-0.2, 0) is 19.5 Å². The van der Waals surface area contributed by atoms with E-state index in [2.05, 4.69) is 39.3 Å². The summed E-state index contributed by atoms with van der Waals surface area (Å²) in [5, 5.41) is 13.8. The van der Waals surface area contributed by atoms with Crippen molar-refractivity contribution in [1.82, 2.24) is 19.5 Å². The van der Waals surface area contributed by atoms with Gasteiger partial charge in [0.25, 0.3) is 0 Å². The van der Waals surface area contributed by atoms with E-state index in [9.17, 15) is 5.26 Å². The number of nitriles is 1. The summed E-state index contributed by atoms with van der Waals surface area (Å²) in [4.78, 5) is 6.77. The summed E-state index contributed by atoms with van der Waals surface area (Å²) in [5.74, 6) is 0. The second-order valence-electron chi connectivity index (χ2n) is 5.98. The number of fused-ring (bicyclic) bond motifs is 2. The fourth-order valence-corrected chi connectivity index (χ4v) is 3.35. The molecule has 0 amide bonds. The third-order valence-corrected chi connectivity index (χ3v) is 4.53. The highest BCUT2D eigenvalue weighted by Crippen LogP contribution is 2.24. The van der Waals surface area contributed by atoms with E-state index in [4.69, 9.17) is 0 Å². The second-order valence-corrected chi connectivity index (χ2v) is 5.98. The molecule has 0 radical (unpaired) electrons. The molecule has 23 heavy (non-hydrogen) atoms. The van der Waals surface area contributed by atoms with Gasteiger partial charge in [0.15, 0.2) is 0 Å². The van der Waals surface area contributed by atoms with E-state index in [-0.39, 0.29) is 0 Å². The van der Waals surface area contributed by atoms with E-state index in [1.54, 1.807) is 0 Å². The van der Waals surface area contributed by atoms with Gasteiger partial charge in [0, 0.05) is 32.0 Å². The average molecular weight is 303 g/mol. The first kappa shape index (κ1) is 13.9. The first-order valence-electron chi connectivity index (χ1n) is 7.77. The van der Waals surface area contributed by atoms with Crippen molar-refractivity contribution in [2.24, 2.45) is 0 Å². The number of rotatable bonds is 2. The first-order chi connectivity index (χ1) is 11.3. The number of pyridine rings is 2. The van der Waals surface area contributed by atoms with Crippen molar-refractivity contribution < 1.29 is 0 Å². The zero-order valence-electron chi connectivity index (χ0n) is 13.0. The predicted molar refractivity (Wildman–Crippen MR) is 86.7 cm³/mol. The normalized spacial score (nSPS) is 14.6. The maximum atomic E-state index is 9.36. The zero-order chi connectivity index (χ0) is 15.8. The predicted octanol–water partition coefficient (Wildman–Crippen LogP) is 2.47. The van der Waals surface area contributed by atoms with Crippen molar-refractivity contribution >= 4 is 5.52 Å². The minimum absolute atomic E-state index is 0.760. The van der Waals surface area contributed by atoms with Gasteiger partial charge in [0.1, 0.15) is 6.07 Å². The van der Waals surface area contributed by atoms with E-state index in [1.165, 1.54) is 16.8 Å². The molecule has 0 atom stereocenters. The average Bonchev–Trinajstić information content (AvgIpc) is 3.05. The molecular weight excluding hydrogens is 286 g/mol. The van der Waals surface area contributed by atoms with Crippen LogP contribution in [0.25, 0.3) is 5.52 Å². The Morgan fingerprint density at radius 1 is 1.30 bits per heavy atom. The molecule has 4 rings (SSSR count). The number of aromatic nitrogens is 3. The van der Waals surface area contributed by atoms with Crippen LogP contribution in [0.5, 0.6) is 0 Å². The van der Waals surface area contributed by atoms with Crippen LogP contribution < -0.4 is 0 Å². The summed E-state index contributed by atoms with van der Waals surface area (Å²) >= 11 is 0. The molecule has 0 spiro atoms. The van der Waals surface area contributed by atoms with Crippen LogP contribution in [0.4, 0.5) is 0 Å². The van der Waals surface area contributed by atoms with Gasteiger partial charge in [-0.3, -0.25) is 9.88 Å². The van der Waals surface area contributed by atoms with Crippen LogP contribution in [0.15, 0.2) is 36.7 Å². The fourth-order valence-electron chi connectivity index (χ4n) is 3.35. The highest BCUT2D eigenvalue weighted by molar-refractivity contribution is 5.47. The molecule has 1 aliphatic heterocycles. The SMILES string of the molecule is Cc1ncc2c(c1C#N)CCN(Cc1cccc3ccnn13)C2. The molecule has 0 unspecified atom stereocenters. The molecule has 0 aliphatic carbocycles. The van der Waals surface area contributed by atoms with E-state index >= 15 is 0 Å². The second kappa shape index (κ2) is 5.49. The van der Waals surface area contributed by atoms with Gasteiger partial charge in [-0.1, -0.05) is 6.07 Å². The van der Waals surface area contributed by atoms with Gasteiger partial charge >= 0.3 is 0 Å².